The van der Waals surface area contributed by atoms with Crippen molar-refractivity contribution >= 4 is 16.9 Å². The summed E-state index contributed by atoms with van der Waals surface area (Å²) < 4.78 is 5.15. The van der Waals surface area contributed by atoms with Crippen molar-refractivity contribution in [3.8, 4) is 5.75 Å². The highest BCUT2D eigenvalue weighted by Gasteiger charge is 2.12. The molecule has 0 radical (unpaired) electrons. The lowest BCUT2D eigenvalue weighted by atomic mass is 10.1. The quantitative estimate of drug-likeness (QED) is 0.522. The summed E-state index contributed by atoms with van der Waals surface area (Å²) in [5.41, 5.74) is 1.01. The summed E-state index contributed by atoms with van der Waals surface area (Å²) in [4.78, 5) is 47.0. The number of rotatable bonds is 5. The monoisotopic (exact) mass is 343 g/mol. The number of amides is 1. The van der Waals surface area contributed by atoms with Crippen molar-refractivity contribution in [2.75, 3.05) is 7.11 Å². The molecule has 4 N–H and O–H groups in total. The normalized spacial score (nSPS) is 10.8. The second-order valence-electron chi connectivity index (χ2n) is 5.53. The fourth-order valence-corrected chi connectivity index (χ4v) is 2.50. The molecule has 130 valence electrons. The summed E-state index contributed by atoms with van der Waals surface area (Å²) in [7, 11) is 1.58. The van der Waals surface area contributed by atoms with Gasteiger partial charge in [-0.15, -0.1) is 0 Å². The van der Waals surface area contributed by atoms with E-state index in [1.807, 2.05) is 12.1 Å². The van der Waals surface area contributed by atoms with Crippen molar-refractivity contribution in [2.24, 2.45) is 0 Å². The maximum Gasteiger partial charge on any atom is 0.325 e. The van der Waals surface area contributed by atoms with Gasteiger partial charge in [0.05, 0.1) is 31.1 Å². The molecule has 9 nitrogen and oxygen atoms in total. The van der Waals surface area contributed by atoms with E-state index in [2.05, 4.69) is 25.3 Å². The number of hydrogen-bond donors (Lipinski definition) is 4. The molecule has 1 aromatic carbocycles. The molecule has 1 amide bonds. The SMILES string of the molecule is COc1ccc2nc(CNC(=O)Cc3c(C)[nH]c(=O)[nH]c3=O)[nH]c2c1. The molecule has 0 aliphatic carbocycles. The maximum atomic E-state index is 12.1. The molecule has 0 spiro atoms. The minimum Gasteiger partial charge on any atom is -0.497 e. The minimum atomic E-state index is -0.593. The van der Waals surface area contributed by atoms with Crippen LogP contribution in [0, 0.1) is 6.92 Å². The maximum absolute atomic E-state index is 12.1. The van der Waals surface area contributed by atoms with Crippen LogP contribution in [-0.2, 0) is 17.8 Å². The van der Waals surface area contributed by atoms with Crippen molar-refractivity contribution in [1.82, 2.24) is 25.3 Å². The average Bonchev–Trinajstić information content (AvgIpc) is 2.98. The summed E-state index contributed by atoms with van der Waals surface area (Å²) in [6, 6.07) is 5.44. The molecule has 0 bridgehead atoms. The van der Waals surface area contributed by atoms with E-state index in [0.717, 1.165) is 11.0 Å². The van der Waals surface area contributed by atoms with Crippen molar-refractivity contribution in [1.29, 1.82) is 0 Å². The summed E-state index contributed by atoms with van der Waals surface area (Å²) >= 11 is 0. The topological polar surface area (TPSA) is 133 Å². The molecular weight excluding hydrogens is 326 g/mol. The van der Waals surface area contributed by atoms with Crippen LogP contribution in [0.4, 0.5) is 0 Å². The number of H-pyrrole nitrogens is 3. The van der Waals surface area contributed by atoms with Gasteiger partial charge in [0, 0.05) is 17.3 Å². The zero-order chi connectivity index (χ0) is 18.0. The van der Waals surface area contributed by atoms with Crippen LogP contribution in [-0.4, -0.2) is 33.0 Å². The lowest BCUT2D eigenvalue weighted by Crippen LogP contribution is -2.32. The standard InChI is InChI=1S/C16H17N5O4/c1-8-10(15(23)21-16(24)18-8)6-14(22)17-7-13-19-11-4-3-9(25-2)5-12(11)20-13/h3-5H,6-7H2,1-2H3,(H,17,22)(H,19,20)(H2,18,21,23,24). The first-order valence-corrected chi connectivity index (χ1v) is 7.57. The lowest BCUT2D eigenvalue weighted by molar-refractivity contribution is -0.120. The van der Waals surface area contributed by atoms with Crippen LogP contribution < -0.4 is 21.3 Å². The van der Waals surface area contributed by atoms with E-state index < -0.39 is 11.2 Å². The number of aryl methyl sites for hydroxylation is 1. The Hall–Kier alpha value is -3.36. The van der Waals surface area contributed by atoms with Gasteiger partial charge in [0.15, 0.2) is 0 Å². The second-order valence-corrected chi connectivity index (χ2v) is 5.53. The van der Waals surface area contributed by atoms with E-state index in [0.29, 0.717) is 17.3 Å². The van der Waals surface area contributed by atoms with Gasteiger partial charge in [-0.2, -0.15) is 0 Å². The third kappa shape index (κ3) is 3.60. The molecule has 2 aromatic heterocycles. The van der Waals surface area contributed by atoms with Gasteiger partial charge in [0.2, 0.25) is 5.91 Å². The summed E-state index contributed by atoms with van der Waals surface area (Å²) in [5, 5.41) is 2.70. The Bertz CT molecular complexity index is 1050. The number of aromatic nitrogens is 4. The summed E-state index contributed by atoms with van der Waals surface area (Å²) in [6.45, 7) is 1.77. The first-order chi connectivity index (χ1) is 12.0. The molecule has 9 heteroatoms. The molecule has 0 fully saturated rings. The van der Waals surface area contributed by atoms with Crippen LogP contribution >= 0.6 is 0 Å². The second kappa shape index (κ2) is 6.63. The number of ether oxygens (including phenoxy) is 1. The van der Waals surface area contributed by atoms with Crippen molar-refractivity contribution in [2.45, 2.75) is 19.9 Å². The molecule has 0 saturated heterocycles. The van der Waals surface area contributed by atoms with E-state index in [-0.39, 0.29) is 24.4 Å². The molecule has 0 aliphatic heterocycles. The zero-order valence-electron chi connectivity index (χ0n) is 13.7. The van der Waals surface area contributed by atoms with Gasteiger partial charge >= 0.3 is 5.69 Å². The first kappa shape index (κ1) is 16.5. The van der Waals surface area contributed by atoms with Crippen LogP contribution in [0.3, 0.4) is 0 Å². The Morgan fingerprint density at radius 3 is 2.76 bits per heavy atom. The van der Waals surface area contributed by atoms with Gasteiger partial charge in [-0.25, -0.2) is 9.78 Å². The van der Waals surface area contributed by atoms with E-state index in [4.69, 9.17) is 4.74 Å². The molecule has 0 atom stereocenters. The third-order valence-electron chi connectivity index (χ3n) is 3.78. The fraction of sp³-hybridized carbons (Fsp3) is 0.250. The molecule has 0 unspecified atom stereocenters. The van der Waals surface area contributed by atoms with Gasteiger partial charge in [-0.1, -0.05) is 0 Å². The van der Waals surface area contributed by atoms with Gasteiger partial charge in [-0.3, -0.25) is 14.6 Å². The Labute approximate surface area is 141 Å². The van der Waals surface area contributed by atoms with Gasteiger partial charge in [-0.05, 0) is 19.1 Å². The zero-order valence-corrected chi connectivity index (χ0v) is 13.7. The Morgan fingerprint density at radius 2 is 2.04 bits per heavy atom. The molecule has 2 heterocycles. The van der Waals surface area contributed by atoms with Gasteiger partial charge in [0.1, 0.15) is 11.6 Å². The lowest BCUT2D eigenvalue weighted by Gasteiger charge is -2.05. The predicted octanol–water partition coefficient (Wildman–Crippen LogP) is 0.115. The number of benzene rings is 1. The largest absolute Gasteiger partial charge is 0.497 e. The van der Waals surface area contributed by atoms with Crippen molar-refractivity contribution < 1.29 is 9.53 Å². The minimum absolute atomic E-state index is 0.133. The Morgan fingerprint density at radius 1 is 1.24 bits per heavy atom. The van der Waals surface area contributed by atoms with Crippen LogP contribution in [0.2, 0.25) is 0 Å². The van der Waals surface area contributed by atoms with Crippen LogP contribution in [0.1, 0.15) is 17.1 Å². The highest BCUT2D eigenvalue weighted by molar-refractivity contribution is 5.79. The predicted molar refractivity (Wildman–Crippen MR) is 90.6 cm³/mol. The number of imidazole rings is 1. The van der Waals surface area contributed by atoms with E-state index in [1.54, 1.807) is 20.1 Å². The molecule has 3 aromatic rings. The molecule has 0 aliphatic rings. The average molecular weight is 343 g/mol. The number of methoxy groups -OCH3 is 1. The fourth-order valence-electron chi connectivity index (χ4n) is 2.50. The molecule has 0 saturated carbocycles. The molecule has 25 heavy (non-hydrogen) atoms. The Balaban J connectivity index is 1.68. The van der Waals surface area contributed by atoms with E-state index in [1.165, 1.54) is 0 Å². The van der Waals surface area contributed by atoms with Gasteiger partial charge < -0.3 is 20.0 Å². The highest BCUT2D eigenvalue weighted by atomic mass is 16.5. The van der Waals surface area contributed by atoms with Gasteiger partial charge in [0.25, 0.3) is 5.56 Å². The van der Waals surface area contributed by atoms with Crippen molar-refractivity contribution in [3.63, 3.8) is 0 Å². The number of carbonyl (C=O) groups is 1. The number of hydrogen-bond acceptors (Lipinski definition) is 5. The van der Waals surface area contributed by atoms with E-state index in [9.17, 15) is 14.4 Å². The highest BCUT2D eigenvalue weighted by Crippen LogP contribution is 2.18. The number of nitrogens with zero attached hydrogens (tertiary/aromatic N) is 1. The van der Waals surface area contributed by atoms with Crippen LogP contribution in [0.25, 0.3) is 11.0 Å². The number of carbonyl (C=O) groups excluding carboxylic acids is 1. The summed E-state index contributed by atoms with van der Waals surface area (Å²) in [6.07, 6.45) is -0.133. The third-order valence-corrected chi connectivity index (χ3v) is 3.78. The molecular formula is C16H17N5O4. The van der Waals surface area contributed by atoms with E-state index >= 15 is 0 Å². The van der Waals surface area contributed by atoms with Crippen LogP contribution in [0.5, 0.6) is 5.75 Å². The smallest absolute Gasteiger partial charge is 0.325 e. The number of nitrogens with one attached hydrogen (secondary N) is 4. The Kier molecular flexibility index (Phi) is 4.38. The number of aromatic amines is 3. The van der Waals surface area contributed by atoms with Crippen molar-refractivity contribution in [3.05, 3.63) is 56.1 Å². The first-order valence-electron chi connectivity index (χ1n) is 7.57. The van der Waals surface area contributed by atoms with Crippen LogP contribution in [0.15, 0.2) is 27.8 Å². The number of fused-ring (bicyclic) bond motifs is 1. The summed E-state index contributed by atoms with van der Waals surface area (Å²) in [5.74, 6) is 0.946. The molecule has 3 rings (SSSR count).